The smallest absolute Gasteiger partial charge is 0.326 e. The third-order valence-electron chi connectivity index (χ3n) is 3.04. The van der Waals surface area contributed by atoms with Crippen molar-refractivity contribution in [1.29, 1.82) is 0 Å². The number of aliphatic carboxylic acids is 1. The molecule has 0 aliphatic rings. The Labute approximate surface area is 135 Å². The van der Waals surface area contributed by atoms with Gasteiger partial charge in [0.05, 0.1) is 6.10 Å². The maximum absolute atomic E-state index is 12.2. The molecule has 0 bridgehead atoms. The van der Waals surface area contributed by atoms with E-state index in [4.69, 9.17) is 15.4 Å². The number of unbranched alkanes of at least 4 members (excludes halogenated alkanes) is 1. The lowest BCUT2D eigenvalue weighted by atomic mass is 10.1. The molecular weight excluding hydrogens is 302 g/mol. The molecule has 0 saturated heterocycles. The molecule has 0 fully saturated rings. The first-order chi connectivity index (χ1) is 10.8. The van der Waals surface area contributed by atoms with Crippen molar-refractivity contribution in [3.05, 3.63) is 5.53 Å². The molecule has 1 amide bonds. The van der Waals surface area contributed by atoms with E-state index < -0.39 is 29.8 Å². The first kappa shape index (κ1) is 20.9. The molecule has 0 aromatic rings. The average molecular weight is 327 g/mol. The summed E-state index contributed by atoms with van der Waals surface area (Å²) in [5, 5.41) is 11.6. The molecule has 0 saturated carbocycles. The van der Waals surface area contributed by atoms with Gasteiger partial charge in [0.2, 0.25) is 11.7 Å². The standard InChI is InChI=1S/C15H25N3O5/c1-4-5-6-13(23-10(2)3)14(20)18-12(15(21)22)8-7-11(19)9-17-16/h9-10,12-13H,4-8H2,1-3H3,(H,18,20)(H,21,22). The fourth-order valence-corrected chi connectivity index (χ4v) is 1.92. The zero-order valence-electron chi connectivity index (χ0n) is 13.8. The number of ketones is 1. The third-order valence-corrected chi connectivity index (χ3v) is 3.04. The second-order valence-electron chi connectivity index (χ2n) is 5.46. The molecule has 8 nitrogen and oxygen atoms in total. The van der Waals surface area contributed by atoms with Crippen molar-refractivity contribution >= 4 is 23.9 Å². The molecule has 0 aromatic carbocycles. The monoisotopic (exact) mass is 327 g/mol. The van der Waals surface area contributed by atoms with Gasteiger partial charge in [-0.2, -0.15) is 4.79 Å². The predicted molar refractivity (Wildman–Crippen MR) is 83.0 cm³/mol. The zero-order chi connectivity index (χ0) is 17.8. The number of Topliss-reactive ketones (excluding diaryl/α,β-unsaturated/α-hetero) is 1. The summed E-state index contributed by atoms with van der Waals surface area (Å²) in [6.45, 7) is 5.58. The van der Waals surface area contributed by atoms with E-state index in [1.807, 2.05) is 6.92 Å². The molecule has 0 aromatic heterocycles. The Morgan fingerprint density at radius 2 is 1.96 bits per heavy atom. The van der Waals surface area contributed by atoms with Crippen LogP contribution in [0.25, 0.3) is 5.53 Å². The number of hydrogen-bond donors (Lipinski definition) is 2. The van der Waals surface area contributed by atoms with Gasteiger partial charge in [-0.15, -0.1) is 0 Å². The molecule has 0 aliphatic carbocycles. The highest BCUT2D eigenvalue weighted by Gasteiger charge is 2.26. The molecule has 0 heterocycles. The number of amides is 1. The Bertz CT molecular complexity index is 458. The highest BCUT2D eigenvalue weighted by Crippen LogP contribution is 2.09. The SMILES string of the molecule is CCCCC(OC(C)C)C(=O)NC(CCC(=O)C=[N+]=[N-])C(=O)O. The minimum absolute atomic E-state index is 0.0892. The van der Waals surface area contributed by atoms with E-state index in [-0.39, 0.29) is 18.9 Å². The Hall–Kier alpha value is -2.05. The average Bonchev–Trinajstić information content (AvgIpc) is 2.47. The topological polar surface area (TPSA) is 129 Å². The largest absolute Gasteiger partial charge is 0.480 e. The zero-order valence-corrected chi connectivity index (χ0v) is 13.8. The number of carboxylic acid groups (broad SMARTS) is 1. The third kappa shape index (κ3) is 9.55. The molecule has 23 heavy (non-hydrogen) atoms. The van der Waals surface area contributed by atoms with Crippen LogP contribution in [-0.4, -0.2) is 52.0 Å². The number of carbonyl (C=O) groups excluding carboxylic acids is 2. The summed E-state index contributed by atoms with van der Waals surface area (Å²) < 4.78 is 5.53. The van der Waals surface area contributed by atoms with Crippen LogP contribution in [-0.2, 0) is 19.1 Å². The Balaban J connectivity index is 4.74. The molecule has 0 rings (SSSR count). The van der Waals surface area contributed by atoms with Gasteiger partial charge >= 0.3 is 12.2 Å². The summed E-state index contributed by atoms with van der Waals surface area (Å²) in [4.78, 5) is 37.3. The summed E-state index contributed by atoms with van der Waals surface area (Å²) in [6, 6.07) is -1.20. The lowest BCUT2D eigenvalue weighted by molar-refractivity contribution is -0.146. The van der Waals surface area contributed by atoms with E-state index in [0.717, 1.165) is 12.8 Å². The second-order valence-corrected chi connectivity index (χ2v) is 5.46. The molecule has 2 unspecified atom stereocenters. The van der Waals surface area contributed by atoms with Gasteiger partial charge in [0.25, 0.3) is 0 Å². The lowest BCUT2D eigenvalue weighted by Crippen LogP contribution is -2.47. The Morgan fingerprint density at radius 3 is 2.43 bits per heavy atom. The molecular formula is C15H25N3O5. The first-order valence-electron chi connectivity index (χ1n) is 7.70. The Kier molecular flexibility index (Phi) is 10.5. The maximum Gasteiger partial charge on any atom is 0.326 e. The van der Waals surface area contributed by atoms with Crippen molar-refractivity contribution < 1.29 is 29.0 Å². The fraction of sp³-hybridized carbons (Fsp3) is 0.733. The van der Waals surface area contributed by atoms with E-state index in [2.05, 4.69) is 10.1 Å². The van der Waals surface area contributed by atoms with E-state index in [0.29, 0.717) is 12.6 Å². The van der Waals surface area contributed by atoms with Crippen LogP contribution >= 0.6 is 0 Å². The van der Waals surface area contributed by atoms with Crippen molar-refractivity contribution in [2.45, 2.75) is 71.1 Å². The maximum atomic E-state index is 12.2. The Morgan fingerprint density at radius 1 is 1.30 bits per heavy atom. The number of nitrogens with zero attached hydrogens (tertiary/aromatic N) is 2. The highest BCUT2D eigenvalue weighted by atomic mass is 16.5. The number of rotatable bonds is 12. The molecule has 130 valence electrons. The van der Waals surface area contributed by atoms with Gasteiger partial charge in [-0.05, 0) is 26.7 Å². The van der Waals surface area contributed by atoms with Crippen LogP contribution in [0.3, 0.4) is 0 Å². The summed E-state index contributed by atoms with van der Waals surface area (Å²) in [5.41, 5.74) is 8.24. The van der Waals surface area contributed by atoms with Crippen molar-refractivity contribution in [2.24, 2.45) is 0 Å². The van der Waals surface area contributed by atoms with Crippen LogP contribution in [0.15, 0.2) is 0 Å². The normalized spacial score (nSPS) is 13.0. The van der Waals surface area contributed by atoms with E-state index in [1.165, 1.54) is 0 Å². The van der Waals surface area contributed by atoms with Gasteiger partial charge in [0.1, 0.15) is 12.1 Å². The number of nitrogens with one attached hydrogen (secondary N) is 1. The summed E-state index contributed by atoms with van der Waals surface area (Å²) in [6.07, 6.45) is 1.77. The fourth-order valence-electron chi connectivity index (χ4n) is 1.92. The quantitative estimate of drug-likeness (QED) is 0.316. The molecule has 0 aliphatic heterocycles. The van der Waals surface area contributed by atoms with Crippen molar-refractivity contribution in [2.75, 3.05) is 0 Å². The van der Waals surface area contributed by atoms with Crippen LogP contribution in [0.4, 0.5) is 0 Å². The van der Waals surface area contributed by atoms with Crippen LogP contribution < -0.4 is 5.32 Å². The minimum atomic E-state index is -1.23. The minimum Gasteiger partial charge on any atom is -0.480 e. The first-order valence-corrected chi connectivity index (χ1v) is 7.70. The lowest BCUT2D eigenvalue weighted by Gasteiger charge is -2.22. The molecule has 2 N–H and O–H groups in total. The van der Waals surface area contributed by atoms with Gasteiger partial charge < -0.3 is 20.7 Å². The predicted octanol–water partition coefficient (Wildman–Crippen LogP) is 1.19. The highest BCUT2D eigenvalue weighted by molar-refractivity contribution is 6.25. The van der Waals surface area contributed by atoms with Crippen LogP contribution in [0.1, 0.15) is 52.9 Å². The summed E-state index contributed by atoms with van der Waals surface area (Å²) >= 11 is 0. The summed E-state index contributed by atoms with van der Waals surface area (Å²) in [5.74, 6) is -2.25. The second kappa shape index (κ2) is 11.5. The number of carboxylic acids is 1. The van der Waals surface area contributed by atoms with Crippen LogP contribution in [0, 0.1) is 0 Å². The molecule has 0 spiro atoms. The number of hydrogen-bond acceptors (Lipinski definition) is 4. The number of carbonyl (C=O) groups is 3. The molecule has 8 heteroatoms. The van der Waals surface area contributed by atoms with Crippen molar-refractivity contribution in [3.8, 4) is 0 Å². The molecule has 0 radical (unpaired) electrons. The van der Waals surface area contributed by atoms with Gasteiger partial charge in [-0.1, -0.05) is 19.8 Å². The van der Waals surface area contributed by atoms with E-state index in [1.54, 1.807) is 13.8 Å². The number of ether oxygens (including phenoxy) is 1. The summed E-state index contributed by atoms with van der Waals surface area (Å²) in [7, 11) is 0. The van der Waals surface area contributed by atoms with Gasteiger partial charge in [-0.25, -0.2) is 4.79 Å². The van der Waals surface area contributed by atoms with Crippen molar-refractivity contribution in [1.82, 2.24) is 5.32 Å². The van der Waals surface area contributed by atoms with Gasteiger partial charge in [0, 0.05) is 6.42 Å². The molecule has 2 atom stereocenters. The van der Waals surface area contributed by atoms with E-state index in [9.17, 15) is 14.4 Å². The van der Waals surface area contributed by atoms with Gasteiger partial charge in [-0.3, -0.25) is 9.59 Å². The van der Waals surface area contributed by atoms with Crippen LogP contribution in [0.2, 0.25) is 0 Å². The van der Waals surface area contributed by atoms with Crippen LogP contribution in [0.5, 0.6) is 0 Å². The van der Waals surface area contributed by atoms with Gasteiger partial charge in [0.15, 0.2) is 0 Å². The van der Waals surface area contributed by atoms with E-state index >= 15 is 0 Å². The van der Waals surface area contributed by atoms with Crippen molar-refractivity contribution in [3.63, 3.8) is 0 Å².